The number of rotatable bonds is 4. The molecule has 0 aromatic heterocycles. The second-order valence-electron chi connectivity index (χ2n) is 4.07. The van der Waals surface area contributed by atoms with Crippen LogP contribution >= 0.6 is 0 Å². The summed E-state index contributed by atoms with van der Waals surface area (Å²) >= 11 is 0. The Kier molecular flexibility index (Phi) is 4.46. The number of nitrogens with zero attached hydrogens (tertiary/aromatic N) is 2. The van der Waals surface area contributed by atoms with E-state index in [-0.39, 0.29) is 26.1 Å². The molecule has 8 heteroatoms. The fraction of sp³-hybridized carbons (Fsp3) is 0.700. The fourth-order valence-electron chi connectivity index (χ4n) is 1.81. The van der Waals surface area contributed by atoms with Crippen LogP contribution in [0.3, 0.4) is 0 Å². The summed E-state index contributed by atoms with van der Waals surface area (Å²) in [6.07, 6.45) is -3.48. The van der Waals surface area contributed by atoms with E-state index in [1.165, 1.54) is 11.8 Å². The van der Waals surface area contributed by atoms with E-state index in [9.17, 15) is 18.8 Å². The molecular weight excluding hydrogens is 247 g/mol. The number of hydrogen-bond donors (Lipinski definition) is 2. The maximum atomic E-state index is 12.9. The third-order valence-corrected chi connectivity index (χ3v) is 2.91. The standard InChI is InChI=1S/C10H15FN2O5/c1-6-8(14)12(3-2-7(11)9(15)16)4-5-13(6)10(17)18/h6-7H,2-5H2,1H3,(H,15,16)(H,17,18)/t6-,7-/m0/s1. The number of piperazine rings is 1. The number of aliphatic carboxylic acids is 1. The molecule has 102 valence electrons. The average Bonchev–Trinajstić information content (AvgIpc) is 2.30. The lowest BCUT2D eigenvalue weighted by molar-refractivity contribution is -0.145. The molecule has 0 saturated carbocycles. The third-order valence-electron chi connectivity index (χ3n) is 2.91. The van der Waals surface area contributed by atoms with Crippen LogP contribution in [0.5, 0.6) is 0 Å². The molecule has 1 rings (SSSR count). The van der Waals surface area contributed by atoms with E-state index in [0.29, 0.717) is 0 Å². The molecule has 0 aliphatic carbocycles. The Hall–Kier alpha value is -1.86. The Morgan fingerprint density at radius 1 is 1.44 bits per heavy atom. The van der Waals surface area contributed by atoms with Gasteiger partial charge in [0.25, 0.3) is 0 Å². The molecular formula is C10H15FN2O5. The highest BCUT2D eigenvalue weighted by Gasteiger charge is 2.34. The summed E-state index contributed by atoms with van der Waals surface area (Å²) in [5.74, 6) is -1.99. The molecule has 0 aromatic carbocycles. The highest BCUT2D eigenvalue weighted by atomic mass is 19.1. The van der Waals surface area contributed by atoms with Gasteiger partial charge in [0.05, 0.1) is 0 Å². The minimum Gasteiger partial charge on any atom is -0.479 e. The van der Waals surface area contributed by atoms with Crippen molar-refractivity contribution in [2.24, 2.45) is 0 Å². The normalized spacial score (nSPS) is 21.9. The maximum absolute atomic E-state index is 12.9. The van der Waals surface area contributed by atoms with Crippen LogP contribution in [0.4, 0.5) is 9.18 Å². The largest absolute Gasteiger partial charge is 0.479 e. The van der Waals surface area contributed by atoms with Crippen molar-refractivity contribution in [2.75, 3.05) is 19.6 Å². The second kappa shape index (κ2) is 5.65. The van der Waals surface area contributed by atoms with Gasteiger partial charge in [0.1, 0.15) is 6.04 Å². The molecule has 2 atom stereocenters. The lowest BCUT2D eigenvalue weighted by atomic mass is 10.1. The van der Waals surface area contributed by atoms with Gasteiger partial charge in [0, 0.05) is 26.1 Å². The minimum atomic E-state index is -2.01. The number of carboxylic acid groups (broad SMARTS) is 2. The molecule has 0 aromatic rings. The first-order valence-electron chi connectivity index (χ1n) is 5.49. The number of hydrogen-bond acceptors (Lipinski definition) is 3. The monoisotopic (exact) mass is 262 g/mol. The van der Waals surface area contributed by atoms with E-state index in [1.807, 2.05) is 0 Å². The Morgan fingerprint density at radius 3 is 2.56 bits per heavy atom. The van der Waals surface area contributed by atoms with Crippen molar-refractivity contribution in [3.63, 3.8) is 0 Å². The lowest BCUT2D eigenvalue weighted by Gasteiger charge is -2.37. The molecule has 2 amide bonds. The van der Waals surface area contributed by atoms with Gasteiger partial charge in [-0.05, 0) is 6.92 Å². The number of amides is 2. The predicted molar refractivity (Wildman–Crippen MR) is 57.9 cm³/mol. The summed E-state index contributed by atoms with van der Waals surface area (Å²) in [6.45, 7) is 1.73. The van der Waals surface area contributed by atoms with Crippen LogP contribution < -0.4 is 0 Å². The summed E-state index contributed by atoms with van der Waals surface area (Å²) in [4.78, 5) is 35.2. The van der Waals surface area contributed by atoms with Crippen molar-refractivity contribution in [3.8, 4) is 0 Å². The molecule has 1 saturated heterocycles. The van der Waals surface area contributed by atoms with E-state index in [0.717, 1.165) is 4.90 Å². The van der Waals surface area contributed by atoms with E-state index in [1.54, 1.807) is 0 Å². The molecule has 0 radical (unpaired) electrons. The SMILES string of the molecule is C[C@H]1C(=O)N(CC[C@H](F)C(=O)O)CCN1C(=O)O. The minimum absolute atomic E-state index is 0.0237. The highest BCUT2D eigenvalue weighted by Crippen LogP contribution is 2.12. The summed E-state index contributed by atoms with van der Waals surface area (Å²) in [5.41, 5.74) is 0. The van der Waals surface area contributed by atoms with Gasteiger partial charge in [-0.15, -0.1) is 0 Å². The first-order chi connectivity index (χ1) is 8.34. The molecule has 1 aliphatic rings. The van der Waals surface area contributed by atoms with Crippen molar-refractivity contribution < 1.29 is 29.0 Å². The van der Waals surface area contributed by atoms with Crippen molar-refractivity contribution in [3.05, 3.63) is 0 Å². The number of alkyl halides is 1. The van der Waals surface area contributed by atoms with Crippen LogP contribution in [0, 0.1) is 0 Å². The highest BCUT2D eigenvalue weighted by molar-refractivity contribution is 5.86. The summed E-state index contributed by atoms with van der Waals surface area (Å²) in [7, 11) is 0. The molecule has 1 fully saturated rings. The Morgan fingerprint density at radius 2 is 2.06 bits per heavy atom. The van der Waals surface area contributed by atoms with E-state index in [4.69, 9.17) is 10.2 Å². The Balaban J connectivity index is 2.53. The summed E-state index contributed by atoms with van der Waals surface area (Å²) < 4.78 is 12.9. The van der Waals surface area contributed by atoms with Crippen LogP contribution in [-0.2, 0) is 9.59 Å². The fourth-order valence-corrected chi connectivity index (χ4v) is 1.81. The van der Waals surface area contributed by atoms with Gasteiger partial charge in [-0.25, -0.2) is 14.0 Å². The lowest BCUT2D eigenvalue weighted by Crippen LogP contribution is -2.57. The van der Waals surface area contributed by atoms with Crippen LogP contribution in [0.1, 0.15) is 13.3 Å². The van der Waals surface area contributed by atoms with Gasteiger partial charge in [-0.2, -0.15) is 0 Å². The van der Waals surface area contributed by atoms with E-state index >= 15 is 0 Å². The second-order valence-corrected chi connectivity index (χ2v) is 4.07. The van der Waals surface area contributed by atoms with Gasteiger partial charge in [0.2, 0.25) is 5.91 Å². The zero-order chi connectivity index (χ0) is 13.9. The maximum Gasteiger partial charge on any atom is 0.408 e. The van der Waals surface area contributed by atoms with Crippen LogP contribution in [0.2, 0.25) is 0 Å². The predicted octanol–water partition coefficient (Wildman–Crippen LogP) is 0.00990. The van der Waals surface area contributed by atoms with E-state index < -0.39 is 30.2 Å². The molecule has 18 heavy (non-hydrogen) atoms. The number of carbonyl (C=O) groups is 3. The van der Waals surface area contributed by atoms with Crippen molar-refractivity contribution in [2.45, 2.75) is 25.6 Å². The van der Waals surface area contributed by atoms with Crippen LogP contribution in [0.25, 0.3) is 0 Å². The van der Waals surface area contributed by atoms with Gasteiger partial charge in [0.15, 0.2) is 6.17 Å². The van der Waals surface area contributed by atoms with E-state index in [2.05, 4.69) is 0 Å². The number of carboxylic acids is 1. The summed E-state index contributed by atoms with van der Waals surface area (Å²) in [6, 6.07) is -0.820. The summed E-state index contributed by atoms with van der Waals surface area (Å²) in [5, 5.41) is 17.2. The van der Waals surface area contributed by atoms with Crippen LogP contribution in [-0.4, -0.2) is 69.8 Å². The Labute approximate surface area is 103 Å². The quantitative estimate of drug-likeness (QED) is 0.743. The van der Waals surface area contributed by atoms with Crippen molar-refractivity contribution >= 4 is 18.0 Å². The molecule has 1 heterocycles. The average molecular weight is 262 g/mol. The molecule has 2 N–H and O–H groups in total. The molecule has 0 bridgehead atoms. The smallest absolute Gasteiger partial charge is 0.408 e. The third kappa shape index (κ3) is 3.08. The van der Waals surface area contributed by atoms with Gasteiger partial charge >= 0.3 is 12.1 Å². The van der Waals surface area contributed by atoms with Crippen LogP contribution in [0.15, 0.2) is 0 Å². The zero-order valence-corrected chi connectivity index (χ0v) is 9.87. The number of halogens is 1. The van der Waals surface area contributed by atoms with Gasteiger partial charge in [-0.3, -0.25) is 9.69 Å². The first-order valence-corrected chi connectivity index (χ1v) is 5.49. The molecule has 0 unspecified atom stereocenters. The Bertz CT molecular complexity index is 362. The van der Waals surface area contributed by atoms with Gasteiger partial charge < -0.3 is 15.1 Å². The molecule has 0 spiro atoms. The van der Waals surface area contributed by atoms with Crippen molar-refractivity contribution in [1.82, 2.24) is 9.80 Å². The number of carbonyl (C=O) groups excluding carboxylic acids is 1. The van der Waals surface area contributed by atoms with Gasteiger partial charge in [-0.1, -0.05) is 0 Å². The zero-order valence-electron chi connectivity index (χ0n) is 9.87. The topological polar surface area (TPSA) is 98.2 Å². The molecule has 7 nitrogen and oxygen atoms in total. The van der Waals surface area contributed by atoms with Crippen molar-refractivity contribution in [1.29, 1.82) is 0 Å². The first kappa shape index (κ1) is 14.2. The molecule has 1 aliphatic heterocycles.